The van der Waals surface area contributed by atoms with Gasteiger partial charge in [0.2, 0.25) is 5.91 Å². The maximum Gasteiger partial charge on any atom is 0.273 e. The summed E-state index contributed by atoms with van der Waals surface area (Å²) in [6, 6.07) is 10.4. The molecule has 4 heterocycles. The van der Waals surface area contributed by atoms with Gasteiger partial charge in [-0.25, -0.2) is 0 Å². The lowest BCUT2D eigenvalue weighted by Gasteiger charge is -2.45. The fourth-order valence-electron chi connectivity index (χ4n) is 6.20. The molecule has 2 aromatic heterocycles. The standard InChI is InChI=1S/C28H34N4O3/c1-19-11-12-23-22(16-19)24(30-13-5-6-14-30)25-26(33)32(17-21-10-7-15-35-21)28(2,18-31(23)25)27(34)29-20-8-3-4-9-20/h5-6,11-14,16,20-21H,3-4,7-10,15,17-18H2,1-2H3,(H,29,34). The minimum atomic E-state index is -0.997. The molecule has 7 heteroatoms. The largest absolute Gasteiger partial charge is 0.376 e. The molecule has 1 saturated heterocycles. The smallest absolute Gasteiger partial charge is 0.273 e. The number of amides is 2. The zero-order valence-corrected chi connectivity index (χ0v) is 20.6. The zero-order valence-electron chi connectivity index (χ0n) is 20.6. The van der Waals surface area contributed by atoms with Gasteiger partial charge in [0.05, 0.1) is 23.9 Å². The van der Waals surface area contributed by atoms with Crippen LogP contribution in [0, 0.1) is 6.92 Å². The SMILES string of the molecule is Cc1ccc2c(c1)c(-n1cccc1)c1n2CC(C)(C(=O)NC2CCCC2)N(CC2CCCO2)C1=O. The number of hydrogen-bond donors (Lipinski definition) is 1. The lowest BCUT2D eigenvalue weighted by molar-refractivity contribution is -0.134. The number of hydrogen-bond acceptors (Lipinski definition) is 3. The van der Waals surface area contributed by atoms with Crippen molar-refractivity contribution in [1.29, 1.82) is 0 Å². The number of nitrogens with zero attached hydrogens (tertiary/aromatic N) is 3. The van der Waals surface area contributed by atoms with E-state index >= 15 is 0 Å². The summed E-state index contributed by atoms with van der Waals surface area (Å²) in [5.74, 6) is -0.161. The number of benzene rings is 1. The fourth-order valence-corrected chi connectivity index (χ4v) is 6.20. The van der Waals surface area contributed by atoms with Gasteiger partial charge in [-0.2, -0.15) is 0 Å². The molecule has 1 N–H and O–H groups in total. The van der Waals surface area contributed by atoms with E-state index in [0.29, 0.717) is 25.4 Å². The van der Waals surface area contributed by atoms with Crippen molar-refractivity contribution in [1.82, 2.24) is 19.4 Å². The Hall–Kier alpha value is -3.06. The molecule has 2 atom stereocenters. The van der Waals surface area contributed by atoms with Crippen molar-refractivity contribution in [3.05, 3.63) is 54.0 Å². The first-order valence-corrected chi connectivity index (χ1v) is 13.0. The number of carbonyl (C=O) groups is 2. The highest BCUT2D eigenvalue weighted by Gasteiger charge is 2.50. The first kappa shape index (κ1) is 22.4. The quantitative estimate of drug-likeness (QED) is 0.603. The summed E-state index contributed by atoms with van der Waals surface area (Å²) in [6.07, 6.45) is 10.1. The number of fused-ring (bicyclic) bond motifs is 3. The molecule has 7 nitrogen and oxygen atoms in total. The van der Waals surface area contributed by atoms with E-state index in [9.17, 15) is 9.59 Å². The van der Waals surface area contributed by atoms with E-state index < -0.39 is 5.54 Å². The second-order valence-electron chi connectivity index (χ2n) is 10.7. The average Bonchev–Trinajstić information content (AvgIpc) is 3.64. The molecule has 3 aliphatic rings. The summed E-state index contributed by atoms with van der Waals surface area (Å²) in [5, 5.41) is 4.32. The van der Waals surface area contributed by atoms with Gasteiger partial charge < -0.3 is 24.1 Å². The molecule has 1 aromatic carbocycles. The van der Waals surface area contributed by atoms with Crippen LogP contribution in [-0.4, -0.2) is 56.7 Å². The van der Waals surface area contributed by atoms with E-state index in [2.05, 4.69) is 35.0 Å². The average molecular weight is 475 g/mol. The maximum absolute atomic E-state index is 14.4. The minimum absolute atomic E-state index is 0.0363. The van der Waals surface area contributed by atoms with E-state index in [0.717, 1.165) is 60.7 Å². The van der Waals surface area contributed by atoms with Gasteiger partial charge >= 0.3 is 0 Å². The Balaban J connectivity index is 1.50. The van der Waals surface area contributed by atoms with Gasteiger partial charge in [-0.15, -0.1) is 0 Å². The highest BCUT2D eigenvalue weighted by molar-refractivity contribution is 6.09. The van der Waals surface area contributed by atoms with Gasteiger partial charge in [0.15, 0.2) is 0 Å². The summed E-state index contributed by atoms with van der Waals surface area (Å²) < 4.78 is 10.0. The number of aromatic nitrogens is 2. The molecular weight excluding hydrogens is 440 g/mol. The predicted octanol–water partition coefficient (Wildman–Crippen LogP) is 4.19. The van der Waals surface area contributed by atoms with Crippen LogP contribution >= 0.6 is 0 Å². The van der Waals surface area contributed by atoms with E-state index in [1.165, 1.54) is 0 Å². The molecule has 0 bridgehead atoms. The Kier molecular flexibility index (Phi) is 5.48. The van der Waals surface area contributed by atoms with Gasteiger partial charge in [0.1, 0.15) is 11.2 Å². The van der Waals surface area contributed by atoms with E-state index in [1.807, 2.05) is 36.0 Å². The number of carbonyl (C=O) groups excluding carboxylic acids is 2. The van der Waals surface area contributed by atoms with Crippen molar-refractivity contribution < 1.29 is 14.3 Å². The number of aryl methyl sites for hydroxylation is 1. The molecule has 2 fully saturated rings. The van der Waals surface area contributed by atoms with Crippen LogP contribution in [0.5, 0.6) is 0 Å². The van der Waals surface area contributed by atoms with Crippen molar-refractivity contribution in [3.8, 4) is 5.69 Å². The second-order valence-corrected chi connectivity index (χ2v) is 10.7. The lowest BCUT2D eigenvalue weighted by Crippen LogP contribution is -2.66. The van der Waals surface area contributed by atoms with Crippen molar-refractivity contribution in [2.75, 3.05) is 13.2 Å². The lowest BCUT2D eigenvalue weighted by atomic mass is 9.93. The van der Waals surface area contributed by atoms with E-state index in [1.54, 1.807) is 4.90 Å². The van der Waals surface area contributed by atoms with Crippen LogP contribution in [0.1, 0.15) is 61.5 Å². The Morgan fingerprint density at radius 3 is 2.63 bits per heavy atom. The first-order chi connectivity index (χ1) is 17.0. The van der Waals surface area contributed by atoms with Gasteiger partial charge in [0.25, 0.3) is 5.91 Å². The highest BCUT2D eigenvalue weighted by atomic mass is 16.5. The van der Waals surface area contributed by atoms with Crippen LogP contribution < -0.4 is 5.32 Å². The van der Waals surface area contributed by atoms with Crippen LogP contribution in [0.25, 0.3) is 16.6 Å². The van der Waals surface area contributed by atoms with Crippen LogP contribution in [-0.2, 0) is 16.1 Å². The van der Waals surface area contributed by atoms with Gasteiger partial charge in [-0.1, -0.05) is 24.5 Å². The molecule has 6 rings (SSSR count). The third-order valence-corrected chi connectivity index (χ3v) is 8.15. The number of nitrogens with one attached hydrogen (secondary N) is 1. The summed E-state index contributed by atoms with van der Waals surface area (Å²) in [6.45, 7) is 5.56. The van der Waals surface area contributed by atoms with Crippen molar-refractivity contribution in [3.63, 3.8) is 0 Å². The van der Waals surface area contributed by atoms with Crippen molar-refractivity contribution in [2.45, 2.75) is 76.6 Å². The summed E-state index contributed by atoms with van der Waals surface area (Å²) in [7, 11) is 0. The van der Waals surface area contributed by atoms with Crippen LogP contribution in [0.3, 0.4) is 0 Å². The molecule has 0 radical (unpaired) electrons. The third-order valence-electron chi connectivity index (χ3n) is 8.15. The normalized spacial score (nSPS) is 24.9. The van der Waals surface area contributed by atoms with E-state index in [4.69, 9.17) is 4.74 Å². The molecule has 2 unspecified atom stereocenters. The molecule has 35 heavy (non-hydrogen) atoms. The predicted molar refractivity (Wildman–Crippen MR) is 135 cm³/mol. The second kappa shape index (κ2) is 8.55. The van der Waals surface area contributed by atoms with Gasteiger partial charge in [0, 0.05) is 37.0 Å². The Bertz CT molecular complexity index is 1270. The summed E-state index contributed by atoms with van der Waals surface area (Å²) in [5.41, 5.74) is 2.66. The Labute approximate surface area is 206 Å². The minimum Gasteiger partial charge on any atom is -0.376 e. The number of ether oxygens (including phenoxy) is 1. The molecule has 184 valence electrons. The van der Waals surface area contributed by atoms with E-state index in [-0.39, 0.29) is 24.0 Å². The molecule has 2 amide bonds. The number of rotatable bonds is 5. The fraction of sp³-hybridized carbons (Fsp3) is 0.500. The summed E-state index contributed by atoms with van der Waals surface area (Å²) >= 11 is 0. The molecule has 0 spiro atoms. The first-order valence-electron chi connectivity index (χ1n) is 13.0. The Morgan fingerprint density at radius 1 is 1.14 bits per heavy atom. The van der Waals surface area contributed by atoms with Crippen molar-refractivity contribution in [2.24, 2.45) is 0 Å². The maximum atomic E-state index is 14.4. The monoisotopic (exact) mass is 474 g/mol. The Morgan fingerprint density at radius 2 is 1.91 bits per heavy atom. The molecule has 2 aliphatic heterocycles. The molecule has 1 saturated carbocycles. The molecular formula is C28H34N4O3. The van der Waals surface area contributed by atoms with Crippen LogP contribution in [0.4, 0.5) is 0 Å². The van der Waals surface area contributed by atoms with Crippen LogP contribution in [0.15, 0.2) is 42.7 Å². The van der Waals surface area contributed by atoms with Gasteiger partial charge in [-0.3, -0.25) is 9.59 Å². The van der Waals surface area contributed by atoms with Crippen molar-refractivity contribution >= 4 is 22.7 Å². The molecule has 3 aromatic rings. The van der Waals surface area contributed by atoms with Gasteiger partial charge in [-0.05, 0) is 63.8 Å². The summed E-state index contributed by atoms with van der Waals surface area (Å²) in [4.78, 5) is 30.1. The topological polar surface area (TPSA) is 68.5 Å². The highest BCUT2D eigenvalue weighted by Crippen LogP contribution is 2.39. The molecule has 1 aliphatic carbocycles. The zero-order chi connectivity index (χ0) is 24.2. The van der Waals surface area contributed by atoms with Crippen LogP contribution in [0.2, 0.25) is 0 Å². The third kappa shape index (κ3) is 3.68.